The van der Waals surface area contributed by atoms with Crippen LogP contribution in [0.2, 0.25) is 0 Å². The highest BCUT2D eigenvalue weighted by Gasteiger charge is 2.36. The highest BCUT2D eigenvalue weighted by atomic mass is 32.1. The van der Waals surface area contributed by atoms with Crippen molar-refractivity contribution in [1.29, 1.82) is 0 Å². The summed E-state index contributed by atoms with van der Waals surface area (Å²) in [5.41, 5.74) is -0.194. The lowest BCUT2D eigenvalue weighted by Crippen LogP contribution is -2.44. The van der Waals surface area contributed by atoms with Crippen LogP contribution in [-0.4, -0.2) is 47.4 Å². The number of benzene rings is 1. The minimum Gasteiger partial charge on any atom is -0.376 e. The van der Waals surface area contributed by atoms with Gasteiger partial charge in [0, 0.05) is 25.4 Å². The summed E-state index contributed by atoms with van der Waals surface area (Å²) in [6.07, 6.45) is -1.33. The van der Waals surface area contributed by atoms with Crippen molar-refractivity contribution in [1.82, 2.24) is 15.1 Å². The van der Waals surface area contributed by atoms with Crippen LogP contribution in [0, 0.1) is 0 Å². The normalized spacial score (nSPS) is 20.9. The van der Waals surface area contributed by atoms with E-state index in [0.29, 0.717) is 18.8 Å². The predicted molar refractivity (Wildman–Crippen MR) is 112 cm³/mol. The molecule has 0 bridgehead atoms. The van der Waals surface area contributed by atoms with Crippen LogP contribution < -0.4 is 10.2 Å². The number of carbonyl (C=O) groups is 2. The van der Waals surface area contributed by atoms with Crippen molar-refractivity contribution >= 4 is 31.0 Å². The molecule has 11 heteroatoms. The average Bonchev–Trinajstić information content (AvgIpc) is 3.38. The van der Waals surface area contributed by atoms with E-state index in [4.69, 9.17) is 4.74 Å². The fourth-order valence-corrected chi connectivity index (χ4v) is 3.79. The molecule has 1 aromatic carbocycles. The molecule has 1 aromatic heterocycles. The fourth-order valence-electron chi connectivity index (χ4n) is 3.79. The quantitative estimate of drug-likeness (QED) is 0.767. The smallest absolute Gasteiger partial charge is 0.376 e. The molecule has 2 amide bonds. The second-order valence-electron chi connectivity index (χ2n) is 7.51. The van der Waals surface area contributed by atoms with Gasteiger partial charge in [0.1, 0.15) is 5.69 Å². The van der Waals surface area contributed by atoms with Crippen LogP contribution in [0.15, 0.2) is 30.5 Å². The van der Waals surface area contributed by atoms with Crippen LogP contribution in [0.1, 0.15) is 52.2 Å². The number of ether oxygens (including phenoxy) is 1. The second kappa shape index (κ2) is 8.91. The molecule has 2 atom stereocenters. The predicted octanol–water partition coefficient (Wildman–Crippen LogP) is 3.14. The van der Waals surface area contributed by atoms with E-state index in [1.807, 2.05) is 6.92 Å². The summed E-state index contributed by atoms with van der Waals surface area (Å²) in [6.45, 7) is 3.07. The van der Waals surface area contributed by atoms with Gasteiger partial charge in [-0.2, -0.15) is 31.8 Å². The third-order valence-electron chi connectivity index (χ3n) is 5.37. The summed E-state index contributed by atoms with van der Waals surface area (Å²) < 4.78 is 45.5. The van der Waals surface area contributed by atoms with Gasteiger partial charge in [0.25, 0.3) is 11.8 Å². The van der Waals surface area contributed by atoms with Crippen LogP contribution in [0.4, 0.5) is 18.9 Å². The maximum atomic E-state index is 13.1. The van der Waals surface area contributed by atoms with Gasteiger partial charge in [-0.1, -0.05) is 0 Å². The van der Waals surface area contributed by atoms with Gasteiger partial charge in [-0.15, -0.1) is 0 Å². The number of nitrogens with one attached hydrogen (secondary N) is 1. The Bertz CT molecular complexity index is 956. The lowest BCUT2D eigenvalue weighted by atomic mass is 10.1. The van der Waals surface area contributed by atoms with Gasteiger partial charge in [-0.05, 0) is 44.0 Å². The van der Waals surface area contributed by atoms with E-state index in [2.05, 4.69) is 10.4 Å². The lowest BCUT2D eigenvalue weighted by Gasteiger charge is -2.32. The minimum atomic E-state index is -4.45. The number of hydrogen-bond acceptors (Lipinski definition) is 4. The average molecular weight is 456 g/mol. The molecule has 7 nitrogen and oxygen atoms in total. The van der Waals surface area contributed by atoms with Crippen molar-refractivity contribution in [3.8, 4) is 0 Å². The molecule has 0 saturated carbocycles. The zero-order valence-electron chi connectivity index (χ0n) is 16.8. The summed E-state index contributed by atoms with van der Waals surface area (Å²) in [6, 6.07) is 4.15. The summed E-state index contributed by atoms with van der Waals surface area (Å²) in [5, 5.41) is 6.97. The third kappa shape index (κ3) is 4.57. The molecule has 1 saturated heterocycles. The maximum absolute atomic E-state index is 13.1. The molecule has 0 aliphatic carbocycles. The Morgan fingerprint density at radius 2 is 2.00 bits per heavy atom. The largest absolute Gasteiger partial charge is 0.416 e. The van der Waals surface area contributed by atoms with E-state index in [9.17, 15) is 22.8 Å². The lowest BCUT2D eigenvalue weighted by molar-refractivity contribution is -0.137. The SMILES string of the molecule is C[C@H]1CN(c2ccc(C(F)(F)F)cc2)C(=O)c2c(C(=O)NCC3CCCO3)cnn21.S. The molecule has 1 N–H and O–H groups in total. The van der Waals surface area contributed by atoms with Crippen molar-refractivity contribution in [3.05, 3.63) is 47.3 Å². The summed E-state index contributed by atoms with van der Waals surface area (Å²) in [7, 11) is 0. The number of aromatic nitrogens is 2. The maximum Gasteiger partial charge on any atom is 0.416 e. The molecule has 2 aliphatic heterocycles. The number of nitrogens with zero attached hydrogens (tertiary/aromatic N) is 3. The summed E-state index contributed by atoms with van der Waals surface area (Å²) >= 11 is 0. The summed E-state index contributed by atoms with van der Waals surface area (Å²) in [5.74, 6) is -0.908. The van der Waals surface area contributed by atoms with Crippen molar-refractivity contribution in [3.63, 3.8) is 0 Å². The molecule has 1 unspecified atom stereocenters. The molecular weight excluding hydrogens is 433 g/mol. The van der Waals surface area contributed by atoms with Gasteiger partial charge in [0.2, 0.25) is 0 Å². The highest BCUT2D eigenvalue weighted by Crippen LogP contribution is 2.32. The fraction of sp³-hybridized carbons (Fsp3) is 0.450. The molecule has 0 spiro atoms. The van der Waals surface area contributed by atoms with Crippen molar-refractivity contribution in [2.75, 3.05) is 24.6 Å². The Labute approximate surface area is 184 Å². The van der Waals surface area contributed by atoms with Crippen molar-refractivity contribution in [2.45, 2.75) is 38.1 Å². The molecule has 2 aliphatic rings. The zero-order valence-corrected chi connectivity index (χ0v) is 17.8. The van der Waals surface area contributed by atoms with Crippen LogP contribution in [0.5, 0.6) is 0 Å². The number of carbonyl (C=O) groups excluding carboxylic acids is 2. The molecule has 31 heavy (non-hydrogen) atoms. The molecular formula is C20H23F3N4O3S. The van der Waals surface area contributed by atoms with Crippen LogP contribution in [0.25, 0.3) is 0 Å². The molecule has 3 heterocycles. The molecule has 1 fully saturated rings. The Morgan fingerprint density at radius 3 is 2.61 bits per heavy atom. The minimum absolute atomic E-state index is 0. The first-order chi connectivity index (χ1) is 14.3. The number of alkyl halides is 3. The van der Waals surface area contributed by atoms with E-state index >= 15 is 0 Å². The zero-order chi connectivity index (χ0) is 21.5. The van der Waals surface area contributed by atoms with Gasteiger partial charge < -0.3 is 15.0 Å². The van der Waals surface area contributed by atoms with Gasteiger partial charge in [0.05, 0.1) is 29.5 Å². The van der Waals surface area contributed by atoms with E-state index < -0.39 is 23.6 Å². The Hall–Kier alpha value is -2.53. The number of fused-ring (bicyclic) bond motifs is 1. The first-order valence-electron chi connectivity index (χ1n) is 9.72. The topological polar surface area (TPSA) is 76.5 Å². The van der Waals surface area contributed by atoms with Crippen LogP contribution in [0.3, 0.4) is 0 Å². The van der Waals surface area contributed by atoms with Crippen LogP contribution >= 0.6 is 13.5 Å². The Morgan fingerprint density at radius 1 is 1.29 bits per heavy atom. The Kier molecular flexibility index (Phi) is 6.65. The third-order valence-corrected chi connectivity index (χ3v) is 5.37. The summed E-state index contributed by atoms with van der Waals surface area (Å²) in [4.78, 5) is 27.2. The molecule has 4 rings (SSSR count). The van der Waals surface area contributed by atoms with Crippen molar-refractivity contribution in [2.24, 2.45) is 0 Å². The van der Waals surface area contributed by atoms with E-state index in [1.165, 1.54) is 27.9 Å². The number of hydrogen-bond donors (Lipinski definition) is 1. The molecule has 168 valence electrons. The number of amides is 2. The van der Waals surface area contributed by atoms with E-state index in [0.717, 1.165) is 25.0 Å². The molecule has 2 aromatic rings. The van der Waals surface area contributed by atoms with Gasteiger partial charge >= 0.3 is 6.18 Å². The van der Waals surface area contributed by atoms with E-state index in [1.54, 1.807) is 0 Å². The number of rotatable bonds is 4. The van der Waals surface area contributed by atoms with Gasteiger partial charge in [0.15, 0.2) is 0 Å². The number of halogens is 3. The first-order valence-corrected chi connectivity index (χ1v) is 9.72. The number of anilines is 1. The van der Waals surface area contributed by atoms with E-state index in [-0.39, 0.29) is 43.4 Å². The second-order valence-corrected chi connectivity index (χ2v) is 7.51. The highest BCUT2D eigenvalue weighted by molar-refractivity contribution is 7.59. The van der Waals surface area contributed by atoms with Gasteiger partial charge in [-0.3, -0.25) is 14.3 Å². The molecule has 0 radical (unpaired) electrons. The van der Waals surface area contributed by atoms with Crippen molar-refractivity contribution < 1.29 is 27.5 Å². The Balaban J connectivity index is 0.00000272. The first kappa shape index (κ1) is 23.1. The standard InChI is InChI=1S/C20H21F3N4O3.H2S/c1-12-11-26(14-6-4-13(5-7-14)20(21,22)23)19(29)17-16(10-25-27(12)17)18(28)24-9-15-3-2-8-30-15;/h4-7,10,12,15H,2-3,8-9,11H2,1H3,(H,24,28);1H2/t12-,15?;/m0./s1. The van der Waals surface area contributed by atoms with Gasteiger partial charge in [-0.25, -0.2) is 0 Å². The van der Waals surface area contributed by atoms with Crippen LogP contribution in [-0.2, 0) is 10.9 Å². The monoisotopic (exact) mass is 456 g/mol.